The fourth-order valence-corrected chi connectivity index (χ4v) is 3.88. The smallest absolute Gasteiger partial charge is 0.238 e. The summed E-state index contributed by atoms with van der Waals surface area (Å²) in [5.41, 5.74) is 2.83. The highest BCUT2D eigenvalue weighted by Crippen LogP contribution is 2.34. The number of aromatic nitrogens is 4. The molecule has 0 saturated carbocycles. The van der Waals surface area contributed by atoms with Gasteiger partial charge in [-0.3, -0.25) is 0 Å². The first kappa shape index (κ1) is 16.7. The molecule has 2 heterocycles. The van der Waals surface area contributed by atoms with Crippen molar-refractivity contribution in [1.82, 2.24) is 20.2 Å². The molecule has 0 fully saturated rings. The fourth-order valence-electron chi connectivity index (χ4n) is 3.32. The fraction of sp³-hybridized carbons (Fsp3) is 0.235. The normalized spacial score (nSPS) is 16.7. The summed E-state index contributed by atoms with van der Waals surface area (Å²) in [6.07, 6.45) is 0.742. The summed E-state index contributed by atoms with van der Waals surface area (Å²) in [5, 5.41) is 17.3. The van der Waals surface area contributed by atoms with Gasteiger partial charge in [-0.05, 0) is 59.7 Å². The molecular weight excluding hydrogens is 352 g/mol. The number of nitrogens with two attached hydrogens (primary N) is 1. The molecule has 0 amide bonds. The van der Waals surface area contributed by atoms with Gasteiger partial charge >= 0.3 is 0 Å². The predicted molar refractivity (Wildman–Crippen MR) is 96.3 cm³/mol. The van der Waals surface area contributed by atoms with E-state index in [0.29, 0.717) is 12.4 Å². The van der Waals surface area contributed by atoms with Crippen LogP contribution in [0.2, 0.25) is 0 Å². The highest BCUT2D eigenvalue weighted by molar-refractivity contribution is 7.89. The molecule has 4 rings (SSSR count). The largest absolute Gasteiger partial charge is 0.361 e. The highest BCUT2D eigenvalue weighted by atomic mass is 32.2. The number of anilines is 1. The highest BCUT2D eigenvalue weighted by Gasteiger charge is 2.28. The topological polar surface area (TPSA) is 107 Å². The van der Waals surface area contributed by atoms with Gasteiger partial charge in [0.05, 0.1) is 17.1 Å². The van der Waals surface area contributed by atoms with E-state index >= 15 is 0 Å². The van der Waals surface area contributed by atoms with Crippen LogP contribution in [0.4, 0.5) is 5.69 Å². The number of tetrazole rings is 1. The molecule has 0 saturated heterocycles. The predicted octanol–water partition coefficient (Wildman–Crippen LogP) is 1.26. The van der Waals surface area contributed by atoms with Crippen LogP contribution in [0.5, 0.6) is 0 Å². The minimum absolute atomic E-state index is 0.138. The molecule has 0 spiro atoms. The molecule has 2 N–H and O–H groups in total. The average molecular weight is 370 g/mol. The molecule has 0 aliphatic carbocycles. The van der Waals surface area contributed by atoms with Gasteiger partial charge in [0.1, 0.15) is 0 Å². The number of sulfonamides is 1. The Morgan fingerprint density at radius 2 is 1.96 bits per heavy atom. The third kappa shape index (κ3) is 2.95. The van der Waals surface area contributed by atoms with Crippen LogP contribution in [0.25, 0.3) is 5.69 Å². The molecule has 2 aromatic carbocycles. The van der Waals surface area contributed by atoms with Crippen molar-refractivity contribution in [3.8, 4) is 5.69 Å². The molecule has 0 radical (unpaired) electrons. The molecule has 26 heavy (non-hydrogen) atoms. The number of rotatable bonds is 4. The second-order valence-electron chi connectivity index (χ2n) is 6.36. The van der Waals surface area contributed by atoms with Crippen LogP contribution in [-0.2, 0) is 23.0 Å². The second kappa shape index (κ2) is 6.19. The molecule has 3 aromatic rings. The zero-order valence-corrected chi connectivity index (χ0v) is 15.0. The van der Waals surface area contributed by atoms with Crippen molar-refractivity contribution >= 4 is 15.7 Å². The van der Waals surface area contributed by atoms with Crippen LogP contribution in [0.1, 0.15) is 18.3 Å². The molecule has 0 bridgehead atoms. The Balaban J connectivity index is 1.67. The molecule has 1 aliphatic rings. The lowest BCUT2D eigenvalue weighted by Gasteiger charge is -2.24. The summed E-state index contributed by atoms with van der Waals surface area (Å²) in [4.78, 5) is 2.31. The van der Waals surface area contributed by atoms with Crippen LogP contribution in [-0.4, -0.2) is 34.7 Å². The zero-order valence-electron chi connectivity index (χ0n) is 14.1. The van der Waals surface area contributed by atoms with Gasteiger partial charge in [0.15, 0.2) is 5.82 Å². The summed E-state index contributed by atoms with van der Waals surface area (Å²) in [7, 11) is -3.71. The van der Waals surface area contributed by atoms with Crippen molar-refractivity contribution < 1.29 is 8.42 Å². The van der Waals surface area contributed by atoms with Crippen LogP contribution in [0, 0.1) is 0 Å². The first-order valence-corrected chi connectivity index (χ1v) is 9.73. The van der Waals surface area contributed by atoms with Crippen LogP contribution in [0.3, 0.4) is 0 Å². The van der Waals surface area contributed by atoms with Gasteiger partial charge < -0.3 is 4.90 Å². The van der Waals surface area contributed by atoms with E-state index in [1.54, 1.807) is 22.9 Å². The van der Waals surface area contributed by atoms with Crippen molar-refractivity contribution in [2.45, 2.75) is 30.8 Å². The average Bonchev–Trinajstić information content (AvgIpc) is 3.19. The van der Waals surface area contributed by atoms with Crippen LogP contribution in [0.15, 0.2) is 53.4 Å². The van der Waals surface area contributed by atoms with Crippen molar-refractivity contribution in [1.29, 1.82) is 0 Å². The van der Waals surface area contributed by atoms with Gasteiger partial charge in [0.25, 0.3) is 0 Å². The van der Waals surface area contributed by atoms with E-state index in [2.05, 4.69) is 27.3 Å². The molecule has 1 aliphatic heterocycles. The van der Waals surface area contributed by atoms with E-state index in [-0.39, 0.29) is 10.9 Å². The van der Waals surface area contributed by atoms with Crippen molar-refractivity contribution in [2.24, 2.45) is 5.14 Å². The molecule has 134 valence electrons. The Morgan fingerprint density at radius 3 is 2.69 bits per heavy atom. The van der Waals surface area contributed by atoms with Crippen LogP contribution >= 0.6 is 0 Å². The number of hydrogen-bond donors (Lipinski definition) is 1. The minimum Gasteiger partial charge on any atom is -0.361 e. The molecule has 9 heteroatoms. The van der Waals surface area contributed by atoms with E-state index in [4.69, 9.17) is 5.14 Å². The van der Waals surface area contributed by atoms with E-state index in [1.165, 1.54) is 0 Å². The van der Waals surface area contributed by atoms with Gasteiger partial charge in [-0.2, -0.15) is 4.68 Å². The Hall–Kier alpha value is -2.78. The number of para-hydroxylation sites is 1. The first-order chi connectivity index (χ1) is 12.4. The van der Waals surface area contributed by atoms with Gasteiger partial charge in [-0.15, -0.1) is 5.10 Å². The summed E-state index contributed by atoms with van der Waals surface area (Å²) in [6.45, 7) is 2.61. The molecule has 8 nitrogen and oxygen atoms in total. The SMILES string of the molecule is C[C@H]1Cc2cc(S(N)(=O)=O)ccc2N1Cc1nnnn1-c1ccccc1. The first-order valence-electron chi connectivity index (χ1n) is 8.18. The van der Waals surface area contributed by atoms with Gasteiger partial charge in [0, 0.05) is 11.7 Å². The lowest BCUT2D eigenvalue weighted by atomic mass is 10.1. The molecule has 0 unspecified atom stereocenters. The summed E-state index contributed by atoms with van der Waals surface area (Å²) in [5.74, 6) is 0.714. The number of benzene rings is 2. The minimum atomic E-state index is -3.71. The quantitative estimate of drug-likeness (QED) is 0.741. The van der Waals surface area contributed by atoms with Crippen molar-refractivity contribution in [2.75, 3.05) is 4.90 Å². The van der Waals surface area contributed by atoms with Crippen molar-refractivity contribution in [3.05, 3.63) is 59.9 Å². The molecular formula is C17H18N6O2S. The number of nitrogens with zero attached hydrogens (tertiary/aromatic N) is 5. The third-order valence-corrected chi connectivity index (χ3v) is 5.49. The Kier molecular flexibility index (Phi) is 3.97. The Labute approximate surface area is 151 Å². The van der Waals surface area contributed by atoms with E-state index in [0.717, 1.165) is 23.4 Å². The zero-order chi connectivity index (χ0) is 18.3. The van der Waals surface area contributed by atoms with Gasteiger partial charge in [-0.25, -0.2) is 13.6 Å². The lowest BCUT2D eigenvalue weighted by molar-refractivity contribution is 0.597. The number of primary sulfonamides is 1. The van der Waals surface area contributed by atoms with Gasteiger partial charge in [0.2, 0.25) is 10.0 Å². The maximum atomic E-state index is 11.6. The maximum absolute atomic E-state index is 11.6. The summed E-state index contributed by atoms with van der Waals surface area (Å²) in [6, 6.07) is 14.9. The lowest BCUT2D eigenvalue weighted by Crippen LogP contribution is -2.30. The van der Waals surface area contributed by atoms with E-state index < -0.39 is 10.0 Å². The Bertz CT molecular complexity index is 1050. The number of fused-ring (bicyclic) bond motifs is 1. The van der Waals surface area contributed by atoms with Gasteiger partial charge in [-0.1, -0.05) is 18.2 Å². The Morgan fingerprint density at radius 1 is 1.19 bits per heavy atom. The summed E-state index contributed by atoms with van der Waals surface area (Å²) < 4.78 is 24.9. The van der Waals surface area contributed by atoms with E-state index in [9.17, 15) is 8.42 Å². The van der Waals surface area contributed by atoms with E-state index in [1.807, 2.05) is 30.3 Å². The second-order valence-corrected chi connectivity index (χ2v) is 7.92. The summed E-state index contributed by atoms with van der Waals surface area (Å²) >= 11 is 0. The standard InChI is InChI=1S/C17H18N6O2S/c1-12-9-13-10-15(26(18,24)25)7-8-16(13)22(12)11-17-19-20-21-23(17)14-5-3-2-4-6-14/h2-8,10,12H,9,11H2,1H3,(H2,18,24,25)/t12-/m0/s1. The number of hydrogen-bond acceptors (Lipinski definition) is 6. The monoisotopic (exact) mass is 370 g/mol. The third-order valence-electron chi connectivity index (χ3n) is 4.58. The maximum Gasteiger partial charge on any atom is 0.238 e. The van der Waals surface area contributed by atoms with Crippen LogP contribution < -0.4 is 10.0 Å². The molecule has 1 aromatic heterocycles. The molecule has 1 atom stereocenters. The van der Waals surface area contributed by atoms with Crippen molar-refractivity contribution in [3.63, 3.8) is 0 Å².